The number of Topliss-reactive ketones (excluding diaryl/α,β-unsaturated/α-hetero) is 1. The number of amides is 1. The van der Waals surface area contributed by atoms with E-state index < -0.39 is 11.8 Å². The number of carboxylic acid groups (broad SMARTS) is 1. The van der Waals surface area contributed by atoms with E-state index in [9.17, 15) is 14.4 Å². The van der Waals surface area contributed by atoms with E-state index in [0.717, 1.165) is 41.8 Å². The van der Waals surface area contributed by atoms with Crippen molar-refractivity contribution in [3.8, 4) is 0 Å². The molecule has 1 aliphatic carbocycles. The van der Waals surface area contributed by atoms with E-state index in [1.54, 1.807) is 17.1 Å². The molecule has 6 nitrogen and oxygen atoms in total. The molecule has 1 unspecified atom stereocenters. The molecule has 1 atom stereocenters. The number of hydrogen-bond acceptors (Lipinski definition) is 4. The maximum atomic E-state index is 12.8. The van der Waals surface area contributed by atoms with E-state index in [1.165, 1.54) is 0 Å². The van der Waals surface area contributed by atoms with Crippen molar-refractivity contribution in [3.63, 3.8) is 0 Å². The van der Waals surface area contributed by atoms with Crippen molar-refractivity contribution in [3.05, 3.63) is 95.6 Å². The van der Waals surface area contributed by atoms with Gasteiger partial charge in [-0.2, -0.15) is 0 Å². The summed E-state index contributed by atoms with van der Waals surface area (Å²) in [7, 11) is 0. The van der Waals surface area contributed by atoms with Gasteiger partial charge < -0.3 is 5.11 Å². The molecule has 0 radical (unpaired) electrons. The normalized spacial score (nSPS) is 14.7. The standard InChI is InChI=1S/C27H26N2O4/c30-25(28-29(21-9-3-1-4-10-21)22-11-5-2-6-12-22)17-15-19-14-16-23-20(18-19)8-7-13-24(23)26(31)27(32)33/h1-13,19H,14-18H2,(H,28,30)(H,32,33). The first kappa shape index (κ1) is 22.3. The zero-order valence-electron chi connectivity index (χ0n) is 18.2. The van der Waals surface area contributed by atoms with Crippen molar-refractivity contribution >= 4 is 29.0 Å². The number of rotatable bonds is 8. The maximum absolute atomic E-state index is 12.8. The van der Waals surface area contributed by atoms with Gasteiger partial charge in [-0.05, 0) is 67.0 Å². The maximum Gasteiger partial charge on any atom is 0.377 e. The van der Waals surface area contributed by atoms with Crippen molar-refractivity contribution in [2.45, 2.75) is 32.1 Å². The molecule has 168 valence electrons. The van der Waals surface area contributed by atoms with Crippen molar-refractivity contribution in [2.24, 2.45) is 5.92 Å². The first-order valence-corrected chi connectivity index (χ1v) is 11.1. The zero-order valence-corrected chi connectivity index (χ0v) is 18.2. The summed E-state index contributed by atoms with van der Waals surface area (Å²) in [5.41, 5.74) is 6.91. The van der Waals surface area contributed by atoms with Crippen LogP contribution in [0.25, 0.3) is 0 Å². The highest BCUT2D eigenvalue weighted by atomic mass is 16.4. The largest absolute Gasteiger partial charge is 0.475 e. The lowest BCUT2D eigenvalue weighted by Crippen LogP contribution is -2.39. The Morgan fingerprint density at radius 1 is 0.879 bits per heavy atom. The Hall–Kier alpha value is -3.93. The topological polar surface area (TPSA) is 86.7 Å². The molecule has 0 aliphatic heterocycles. The van der Waals surface area contributed by atoms with Crippen LogP contribution in [0.1, 0.15) is 40.7 Å². The number of fused-ring (bicyclic) bond motifs is 1. The van der Waals surface area contributed by atoms with Crippen LogP contribution in [0.3, 0.4) is 0 Å². The van der Waals surface area contributed by atoms with E-state index in [-0.39, 0.29) is 11.5 Å². The second-order valence-corrected chi connectivity index (χ2v) is 8.27. The van der Waals surface area contributed by atoms with Gasteiger partial charge in [-0.1, -0.05) is 54.6 Å². The van der Waals surface area contributed by atoms with E-state index in [2.05, 4.69) is 5.43 Å². The van der Waals surface area contributed by atoms with Crippen molar-refractivity contribution in [1.82, 2.24) is 5.43 Å². The molecular formula is C27H26N2O4. The molecule has 4 rings (SSSR count). The Morgan fingerprint density at radius 3 is 2.12 bits per heavy atom. The zero-order chi connectivity index (χ0) is 23.2. The van der Waals surface area contributed by atoms with Crippen molar-refractivity contribution in [2.75, 3.05) is 5.01 Å². The van der Waals surface area contributed by atoms with Crippen LogP contribution >= 0.6 is 0 Å². The number of aliphatic carboxylic acids is 1. The third-order valence-electron chi connectivity index (χ3n) is 6.07. The van der Waals surface area contributed by atoms with Crippen molar-refractivity contribution in [1.29, 1.82) is 0 Å². The average Bonchev–Trinajstić information content (AvgIpc) is 2.86. The second kappa shape index (κ2) is 10.1. The van der Waals surface area contributed by atoms with E-state index >= 15 is 0 Å². The number of carboxylic acids is 1. The van der Waals surface area contributed by atoms with E-state index in [4.69, 9.17) is 5.11 Å². The lowest BCUT2D eigenvalue weighted by Gasteiger charge is -2.27. The number of benzene rings is 3. The van der Waals surface area contributed by atoms with Crippen molar-refractivity contribution < 1.29 is 19.5 Å². The number of para-hydroxylation sites is 2. The van der Waals surface area contributed by atoms with Gasteiger partial charge in [0.1, 0.15) is 0 Å². The van der Waals surface area contributed by atoms with Gasteiger partial charge in [-0.15, -0.1) is 0 Å². The van der Waals surface area contributed by atoms with Crippen LogP contribution in [0.2, 0.25) is 0 Å². The highest BCUT2D eigenvalue weighted by Crippen LogP contribution is 2.31. The predicted octanol–water partition coefficient (Wildman–Crippen LogP) is 4.71. The molecule has 1 amide bonds. The Kier molecular flexibility index (Phi) is 6.83. The number of carbonyl (C=O) groups excluding carboxylic acids is 2. The van der Waals surface area contributed by atoms with Crippen LogP contribution in [0, 0.1) is 5.92 Å². The molecule has 1 aliphatic rings. The highest BCUT2D eigenvalue weighted by molar-refractivity contribution is 6.40. The minimum Gasteiger partial charge on any atom is -0.475 e. The number of anilines is 2. The highest BCUT2D eigenvalue weighted by Gasteiger charge is 2.26. The van der Waals surface area contributed by atoms with Crippen LogP contribution in [0.5, 0.6) is 0 Å². The van der Waals surface area contributed by atoms with Crippen LogP contribution < -0.4 is 10.4 Å². The van der Waals surface area contributed by atoms with Crippen LogP contribution in [-0.2, 0) is 22.4 Å². The van der Waals surface area contributed by atoms with Gasteiger partial charge in [0, 0.05) is 12.0 Å². The summed E-state index contributed by atoms with van der Waals surface area (Å²) >= 11 is 0. The quantitative estimate of drug-likeness (QED) is 0.300. The monoisotopic (exact) mass is 442 g/mol. The van der Waals surface area contributed by atoms with Gasteiger partial charge in [0.05, 0.1) is 11.4 Å². The Bertz CT molecular complexity index is 1110. The minimum absolute atomic E-state index is 0.0664. The number of carbonyl (C=O) groups is 3. The molecule has 3 aromatic rings. The molecule has 6 heteroatoms. The van der Waals surface area contributed by atoms with Crippen LogP contribution in [0.15, 0.2) is 78.9 Å². The third kappa shape index (κ3) is 5.29. The molecule has 0 spiro atoms. The van der Waals surface area contributed by atoms with Gasteiger partial charge in [0.2, 0.25) is 5.91 Å². The summed E-state index contributed by atoms with van der Waals surface area (Å²) < 4.78 is 0. The van der Waals surface area contributed by atoms with Gasteiger partial charge in [-0.25, -0.2) is 4.79 Å². The Labute approximate surface area is 192 Å². The van der Waals surface area contributed by atoms with Gasteiger partial charge >= 0.3 is 5.97 Å². The van der Waals surface area contributed by atoms with E-state index in [0.29, 0.717) is 18.8 Å². The third-order valence-corrected chi connectivity index (χ3v) is 6.07. The Morgan fingerprint density at radius 2 is 1.52 bits per heavy atom. The minimum atomic E-state index is -1.43. The molecule has 0 bridgehead atoms. The lowest BCUT2D eigenvalue weighted by atomic mass is 9.79. The average molecular weight is 443 g/mol. The fourth-order valence-electron chi connectivity index (χ4n) is 4.41. The van der Waals surface area contributed by atoms with E-state index in [1.807, 2.05) is 66.7 Å². The first-order valence-electron chi connectivity index (χ1n) is 11.1. The number of ketones is 1. The van der Waals surface area contributed by atoms with Gasteiger partial charge in [-0.3, -0.25) is 20.0 Å². The lowest BCUT2D eigenvalue weighted by molar-refractivity contribution is -0.131. The number of hydrazine groups is 1. The summed E-state index contributed by atoms with van der Waals surface area (Å²) in [6.45, 7) is 0. The molecule has 3 aromatic carbocycles. The predicted molar refractivity (Wildman–Crippen MR) is 126 cm³/mol. The molecule has 0 heterocycles. The molecule has 0 aromatic heterocycles. The fourth-order valence-corrected chi connectivity index (χ4v) is 4.41. The molecule has 0 saturated carbocycles. The van der Waals surface area contributed by atoms with Crippen LogP contribution in [0.4, 0.5) is 11.4 Å². The van der Waals surface area contributed by atoms with Gasteiger partial charge in [0.25, 0.3) is 5.78 Å². The molecule has 2 N–H and O–H groups in total. The summed E-state index contributed by atoms with van der Waals surface area (Å²) in [5.74, 6) is -2.04. The van der Waals surface area contributed by atoms with Gasteiger partial charge in [0.15, 0.2) is 0 Å². The SMILES string of the molecule is O=C(CCC1CCc2c(cccc2C(=O)C(=O)O)C1)NN(c1ccccc1)c1ccccc1. The number of nitrogens with one attached hydrogen (secondary N) is 1. The summed E-state index contributed by atoms with van der Waals surface area (Å²) in [5, 5.41) is 10.9. The number of hydrogen-bond donors (Lipinski definition) is 2. The Balaban J connectivity index is 1.40. The summed E-state index contributed by atoms with van der Waals surface area (Å²) in [4.78, 5) is 36.0. The number of nitrogens with zero attached hydrogens (tertiary/aromatic N) is 1. The van der Waals surface area contributed by atoms with Crippen LogP contribution in [-0.4, -0.2) is 22.8 Å². The first-order chi connectivity index (χ1) is 16.0. The summed E-state index contributed by atoms with van der Waals surface area (Å²) in [6.07, 6.45) is 3.32. The molecule has 33 heavy (non-hydrogen) atoms. The summed E-state index contributed by atoms with van der Waals surface area (Å²) in [6, 6.07) is 24.7. The molecular weight excluding hydrogens is 416 g/mol. The fraction of sp³-hybridized carbons (Fsp3) is 0.222. The smallest absolute Gasteiger partial charge is 0.377 e. The molecule has 0 fully saturated rings. The second-order valence-electron chi connectivity index (χ2n) is 8.27. The molecule has 0 saturated heterocycles.